The van der Waals surface area contributed by atoms with Crippen molar-refractivity contribution in [1.29, 1.82) is 0 Å². The first-order chi connectivity index (χ1) is 20.7. The number of carbonyl (C=O) groups excluding carboxylic acids is 3. The highest BCUT2D eigenvalue weighted by Crippen LogP contribution is 2.57. The van der Waals surface area contributed by atoms with Gasteiger partial charge in [0.25, 0.3) is 0 Å². The summed E-state index contributed by atoms with van der Waals surface area (Å²) >= 11 is 0. The van der Waals surface area contributed by atoms with Gasteiger partial charge >= 0.3 is 12.2 Å². The number of nitrogens with zero attached hydrogens (tertiary/aromatic N) is 3. The van der Waals surface area contributed by atoms with Gasteiger partial charge in [-0.05, 0) is 98.6 Å². The molecule has 5 fully saturated rings. The van der Waals surface area contributed by atoms with Crippen LogP contribution in [0.5, 0.6) is 0 Å². The second kappa shape index (κ2) is 12.1. The fraction of sp³-hybridized carbons (Fsp3) is 0.694. The number of hydrogen-bond acceptors (Lipinski definition) is 6. The zero-order chi connectivity index (χ0) is 31.9. The summed E-state index contributed by atoms with van der Waals surface area (Å²) in [6.07, 6.45) is 8.79. The second-order valence-corrected chi connectivity index (χ2v) is 15.5. The number of ether oxygens (including phenoxy) is 2. The Morgan fingerprint density at radius 1 is 0.841 bits per heavy atom. The van der Waals surface area contributed by atoms with Crippen molar-refractivity contribution in [3.8, 4) is 0 Å². The second-order valence-electron chi connectivity index (χ2n) is 15.5. The molecule has 3 heterocycles. The van der Waals surface area contributed by atoms with E-state index in [0.29, 0.717) is 36.9 Å². The molecule has 0 N–H and O–H groups in total. The van der Waals surface area contributed by atoms with Gasteiger partial charge in [0.1, 0.15) is 17.0 Å². The molecule has 44 heavy (non-hydrogen) atoms. The first-order valence-electron chi connectivity index (χ1n) is 16.6. The Hall–Kier alpha value is -2.87. The number of likely N-dealkylation sites (tertiary alicyclic amines) is 3. The highest BCUT2D eigenvalue weighted by molar-refractivity contribution is 5.90. The standard InChI is InChI=1S/C21H30N2O2.C15H23NO3/c1-20(2,3)25-19(24)23-14-12-21-11-13-22(17(21)9-10-18(21)23)15-16-7-5-4-6-8-16;1-5-8-15-9-10-16(11(15)6-7-12(15)17)13(18)19-14(2,3)4/h4-8,17-18H,9-15H2,1-3H3;5,11H,1,6-10H2,2-4H3. The smallest absolute Gasteiger partial charge is 0.410 e. The Labute approximate surface area is 264 Å². The maximum atomic E-state index is 12.7. The topological polar surface area (TPSA) is 79.4 Å². The molecule has 1 aromatic carbocycles. The first kappa shape index (κ1) is 32.5. The van der Waals surface area contributed by atoms with E-state index in [-0.39, 0.29) is 24.0 Å². The van der Waals surface area contributed by atoms with Crippen LogP contribution in [0.4, 0.5) is 9.59 Å². The number of rotatable bonds is 4. The number of ketones is 1. The van der Waals surface area contributed by atoms with Crippen LogP contribution in [0.25, 0.3) is 0 Å². The van der Waals surface area contributed by atoms with E-state index in [1.54, 1.807) is 11.0 Å². The summed E-state index contributed by atoms with van der Waals surface area (Å²) in [7, 11) is 0. The van der Waals surface area contributed by atoms with Crippen LogP contribution in [-0.4, -0.2) is 81.6 Å². The predicted octanol–water partition coefficient (Wildman–Crippen LogP) is 6.97. The van der Waals surface area contributed by atoms with Gasteiger partial charge in [-0.15, -0.1) is 6.58 Å². The highest BCUT2D eigenvalue weighted by Gasteiger charge is 2.61. The molecule has 0 aromatic heterocycles. The third-order valence-electron chi connectivity index (χ3n) is 10.5. The minimum absolute atomic E-state index is 0.00662. The van der Waals surface area contributed by atoms with Crippen molar-refractivity contribution < 1.29 is 23.9 Å². The highest BCUT2D eigenvalue weighted by atomic mass is 16.6. The summed E-state index contributed by atoms with van der Waals surface area (Å²) in [5, 5.41) is 0. The molecule has 3 saturated heterocycles. The van der Waals surface area contributed by atoms with Gasteiger partial charge in [-0.25, -0.2) is 9.59 Å². The van der Waals surface area contributed by atoms with Crippen molar-refractivity contribution in [3.63, 3.8) is 0 Å². The molecule has 6 rings (SSSR count). The summed E-state index contributed by atoms with van der Waals surface area (Å²) in [6, 6.07) is 11.7. The van der Waals surface area contributed by atoms with Crippen LogP contribution < -0.4 is 0 Å². The Morgan fingerprint density at radius 2 is 1.41 bits per heavy atom. The van der Waals surface area contributed by atoms with Gasteiger partial charge < -0.3 is 19.3 Å². The van der Waals surface area contributed by atoms with Crippen LogP contribution in [0.3, 0.4) is 0 Å². The Balaban J connectivity index is 0.000000182. The van der Waals surface area contributed by atoms with Crippen LogP contribution in [0.15, 0.2) is 43.0 Å². The van der Waals surface area contributed by atoms with Crippen LogP contribution in [0.1, 0.15) is 98.5 Å². The van der Waals surface area contributed by atoms with E-state index in [2.05, 4.69) is 41.8 Å². The van der Waals surface area contributed by atoms with Gasteiger partial charge in [0.2, 0.25) is 0 Å². The van der Waals surface area contributed by atoms with Crippen LogP contribution in [0, 0.1) is 10.8 Å². The summed E-state index contributed by atoms with van der Waals surface area (Å²) in [5.74, 6) is 0.281. The number of carbonyl (C=O) groups is 3. The SMILES string of the molecule is C=CCC12CCN(C(=O)OC(C)(C)C)C1CCC2=O.CC(C)(C)OC(=O)N1CCC23CCN(Cc4ccccc4)C2CCC13. The quantitative estimate of drug-likeness (QED) is 0.344. The van der Waals surface area contributed by atoms with Crippen LogP contribution in [-0.2, 0) is 20.8 Å². The lowest BCUT2D eigenvalue weighted by molar-refractivity contribution is -0.125. The van der Waals surface area contributed by atoms with Crippen molar-refractivity contribution in [2.75, 3.05) is 19.6 Å². The Kier molecular flexibility index (Phi) is 8.98. The van der Waals surface area contributed by atoms with Crippen molar-refractivity contribution in [3.05, 3.63) is 48.6 Å². The largest absolute Gasteiger partial charge is 0.444 e. The Bertz CT molecular complexity index is 1240. The van der Waals surface area contributed by atoms with Gasteiger partial charge in [-0.3, -0.25) is 9.69 Å². The van der Waals surface area contributed by atoms with Crippen LogP contribution in [0.2, 0.25) is 0 Å². The number of hydrogen-bond donors (Lipinski definition) is 0. The lowest BCUT2D eigenvalue weighted by Crippen LogP contribution is -2.44. The molecule has 1 spiro atoms. The molecule has 5 atom stereocenters. The third-order valence-corrected chi connectivity index (χ3v) is 10.5. The molecule has 3 aliphatic heterocycles. The average Bonchev–Trinajstić information content (AvgIpc) is 3.70. The van der Waals surface area contributed by atoms with Crippen molar-refractivity contribution in [2.45, 2.75) is 129 Å². The number of amides is 2. The molecule has 5 aliphatic rings. The Morgan fingerprint density at radius 3 is 2.02 bits per heavy atom. The monoisotopic (exact) mass is 607 g/mol. The maximum Gasteiger partial charge on any atom is 0.410 e. The minimum Gasteiger partial charge on any atom is -0.444 e. The van der Waals surface area contributed by atoms with Gasteiger partial charge in [-0.1, -0.05) is 36.4 Å². The average molecular weight is 608 g/mol. The molecule has 8 heteroatoms. The molecule has 0 radical (unpaired) electrons. The lowest BCUT2D eigenvalue weighted by atomic mass is 9.78. The number of Topliss-reactive ketones (excluding diaryl/α,β-unsaturated/α-hetero) is 1. The third kappa shape index (κ3) is 6.29. The van der Waals surface area contributed by atoms with Crippen LogP contribution >= 0.6 is 0 Å². The first-order valence-corrected chi connectivity index (χ1v) is 16.6. The molecule has 2 saturated carbocycles. The fourth-order valence-electron chi connectivity index (χ4n) is 8.82. The van der Waals surface area contributed by atoms with E-state index < -0.39 is 16.6 Å². The molecule has 0 bridgehead atoms. The summed E-state index contributed by atoms with van der Waals surface area (Å²) < 4.78 is 11.1. The lowest BCUT2D eigenvalue weighted by Gasteiger charge is -2.34. The molecular weight excluding hydrogens is 554 g/mol. The molecule has 1 aromatic rings. The minimum atomic E-state index is -0.497. The summed E-state index contributed by atoms with van der Waals surface area (Å²) in [4.78, 5) is 43.5. The van der Waals surface area contributed by atoms with Gasteiger partial charge in [-0.2, -0.15) is 0 Å². The van der Waals surface area contributed by atoms with Gasteiger partial charge in [0.15, 0.2) is 0 Å². The van der Waals surface area contributed by atoms with E-state index in [1.807, 2.05) is 46.4 Å². The molecule has 2 amide bonds. The van der Waals surface area contributed by atoms with E-state index in [1.165, 1.54) is 18.4 Å². The fourth-order valence-corrected chi connectivity index (χ4v) is 8.82. The number of allylic oxidation sites excluding steroid dienone is 1. The number of benzene rings is 1. The van der Waals surface area contributed by atoms with E-state index >= 15 is 0 Å². The van der Waals surface area contributed by atoms with Crippen molar-refractivity contribution in [2.24, 2.45) is 10.8 Å². The van der Waals surface area contributed by atoms with Gasteiger partial charge in [0, 0.05) is 49.6 Å². The normalized spacial score (nSPS) is 31.2. The van der Waals surface area contributed by atoms with Crippen molar-refractivity contribution in [1.82, 2.24) is 14.7 Å². The zero-order valence-electron chi connectivity index (χ0n) is 27.8. The van der Waals surface area contributed by atoms with Crippen molar-refractivity contribution >= 4 is 18.0 Å². The van der Waals surface area contributed by atoms with E-state index in [4.69, 9.17) is 9.47 Å². The summed E-state index contributed by atoms with van der Waals surface area (Å²) in [5.41, 5.74) is 0.387. The molecular formula is C36H53N3O5. The molecule has 242 valence electrons. The molecule has 5 unspecified atom stereocenters. The van der Waals surface area contributed by atoms with E-state index in [0.717, 1.165) is 45.3 Å². The predicted molar refractivity (Wildman–Crippen MR) is 171 cm³/mol. The molecule has 8 nitrogen and oxygen atoms in total. The zero-order valence-corrected chi connectivity index (χ0v) is 27.8. The maximum absolute atomic E-state index is 12.7. The molecule has 2 aliphatic carbocycles. The van der Waals surface area contributed by atoms with E-state index in [9.17, 15) is 14.4 Å². The summed E-state index contributed by atoms with van der Waals surface area (Å²) in [6.45, 7) is 18.8. The number of fused-ring (bicyclic) bond motifs is 1. The van der Waals surface area contributed by atoms with Gasteiger partial charge in [0.05, 0.1) is 5.41 Å².